The largest absolute Gasteiger partial charge is 0.409 e. The van der Waals surface area contributed by atoms with Gasteiger partial charge in [0.05, 0.1) is 11.3 Å². The third kappa shape index (κ3) is 4.32. The first kappa shape index (κ1) is 18.5. The summed E-state index contributed by atoms with van der Waals surface area (Å²) in [6, 6.07) is 25.7. The van der Waals surface area contributed by atoms with E-state index in [4.69, 9.17) is 16.6 Å². The molecule has 2 N–H and O–H groups in total. The summed E-state index contributed by atoms with van der Waals surface area (Å²) in [5.74, 6) is 0.474. The van der Waals surface area contributed by atoms with E-state index in [0.29, 0.717) is 17.4 Å². The molecule has 0 saturated heterocycles. The SMILES string of the molecule is S=c1oc(-c2ccccc2Nc2ccccc2)nn1CNc1ccc(Br)cc1. The van der Waals surface area contributed by atoms with Gasteiger partial charge in [-0.3, -0.25) is 0 Å². The average molecular weight is 453 g/mol. The molecular formula is C21H17BrN4OS. The van der Waals surface area contributed by atoms with Gasteiger partial charge >= 0.3 is 0 Å². The van der Waals surface area contributed by atoms with Gasteiger partial charge in [-0.15, -0.1) is 5.10 Å². The molecule has 0 aliphatic carbocycles. The minimum Gasteiger partial charge on any atom is -0.409 e. The van der Waals surface area contributed by atoms with Crippen molar-refractivity contribution in [1.29, 1.82) is 0 Å². The van der Waals surface area contributed by atoms with Crippen LogP contribution in [0, 0.1) is 4.84 Å². The number of hydrogen-bond acceptors (Lipinski definition) is 5. The number of anilines is 3. The summed E-state index contributed by atoms with van der Waals surface area (Å²) in [6.45, 7) is 0.415. The van der Waals surface area contributed by atoms with E-state index >= 15 is 0 Å². The molecule has 0 amide bonds. The third-order valence-electron chi connectivity index (χ3n) is 4.09. The Labute approximate surface area is 176 Å². The topological polar surface area (TPSA) is 55.0 Å². The summed E-state index contributed by atoms with van der Waals surface area (Å²) < 4.78 is 8.43. The van der Waals surface area contributed by atoms with Crippen molar-refractivity contribution >= 4 is 45.2 Å². The van der Waals surface area contributed by atoms with Crippen LogP contribution in [0.2, 0.25) is 0 Å². The first-order valence-corrected chi connectivity index (χ1v) is 9.88. The maximum Gasteiger partial charge on any atom is 0.289 e. The van der Waals surface area contributed by atoms with Gasteiger partial charge in [-0.2, -0.15) is 0 Å². The molecule has 0 fully saturated rings. The molecule has 0 atom stereocenters. The van der Waals surface area contributed by atoms with Crippen molar-refractivity contribution in [3.8, 4) is 11.5 Å². The number of halogens is 1. The number of rotatable bonds is 6. The van der Waals surface area contributed by atoms with Crippen LogP contribution in [0.4, 0.5) is 17.1 Å². The minimum atomic E-state index is 0.314. The van der Waals surface area contributed by atoms with E-state index in [2.05, 4.69) is 31.7 Å². The zero-order valence-electron chi connectivity index (χ0n) is 14.8. The van der Waals surface area contributed by atoms with Gasteiger partial charge < -0.3 is 15.1 Å². The Morgan fingerprint density at radius 3 is 2.39 bits per heavy atom. The van der Waals surface area contributed by atoms with Crippen LogP contribution in [0.1, 0.15) is 0 Å². The van der Waals surface area contributed by atoms with Crippen molar-refractivity contribution in [1.82, 2.24) is 9.78 Å². The number of aromatic nitrogens is 2. The van der Waals surface area contributed by atoms with Gasteiger partial charge in [0.1, 0.15) is 6.67 Å². The Morgan fingerprint density at radius 2 is 1.61 bits per heavy atom. The second-order valence-electron chi connectivity index (χ2n) is 6.05. The monoisotopic (exact) mass is 452 g/mol. The van der Waals surface area contributed by atoms with Crippen LogP contribution in [0.25, 0.3) is 11.5 Å². The van der Waals surface area contributed by atoms with Gasteiger partial charge in [0.2, 0.25) is 5.89 Å². The number of hydrogen-bond donors (Lipinski definition) is 2. The molecule has 0 aliphatic heterocycles. The van der Waals surface area contributed by atoms with Crippen LogP contribution in [-0.2, 0) is 6.67 Å². The molecule has 0 unspecified atom stereocenters. The van der Waals surface area contributed by atoms with Crippen molar-refractivity contribution < 1.29 is 4.42 Å². The summed E-state index contributed by atoms with van der Waals surface area (Å²) in [4.78, 5) is 0.314. The van der Waals surface area contributed by atoms with E-state index in [1.807, 2.05) is 78.9 Å². The molecule has 4 aromatic rings. The van der Waals surface area contributed by atoms with Crippen LogP contribution >= 0.6 is 28.1 Å². The summed E-state index contributed by atoms with van der Waals surface area (Å²) >= 11 is 8.78. The first-order chi connectivity index (χ1) is 13.7. The molecule has 28 heavy (non-hydrogen) atoms. The van der Waals surface area contributed by atoms with Crippen LogP contribution in [0.3, 0.4) is 0 Å². The molecule has 140 valence electrons. The molecule has 0 bridgehead atoms. The van der Waals surface area contributed by atoms with Crippen LogP contribution < -0.4 is 10.6 Å². The molecule has 0 spiro atoms. The predicted octanol–water partition coefficient (Wildman–Crippen LogP) is 6.45. The summed E-state index contributed by atoms with van der Waals surface area (Å²) in [7, 11) is 0. The Bertz CT molecular complexity index is 1120. The van der Waals surface area contributed by atoms with Crippen LogP contribution in [-0.4, -0.2) is 9.78 Å². The number of para-hydroxylation sites is 2. The maximum atomic E-state index is 5.77. The van der Waals surface area contributed by atoms with Crippen LogP contribution in [0.15, 0.2) is 87.8 Å². The third-order valence-corrected chi connectivity index (χ3v) is 4.92. The van der Waals surface area contributed by atoms with Gasteiger partial charge in [-0.25, -0.2) is 4.68 Å². The Kier molecular flexibility index (Phi) is 5.55. The quantitative estimate of drug-likeness (QED) is 0.329. The molecule has 7 heteroatoms. The Morgan fingerprint density at radius 1 is 0.893 bits per heavy atom. The van der Waals surface area contributed by atoms with E-state index < -0.39 is 0 Å². The summed E-state index contributed by atoms with van der Waals surface area (Å²) in [5, 5.41) is 11.2. The molecule has 3 aromatic carbocycles. The lowest BCUT2D eigenvalue weighted by molar-refractivity contribution is 0.522. The van der Waals surface area contributed by atoms with E-state index in [1.54, 1.807) is 4.68 Å². The summed E-state index contributed by atoms with van der Waals surface area (Å²) in [6.07, 6.45) is 0. The lowest BCUT2D eigenvalue weighted by atomic mass is 10.1. The normalized spacial score (nSPS) is 10.6. The maximum absolute atomic E-state index is 5.77. The molecule has 0 saturated carbocycles. The molecule has 1 aromatic heterocycles. The lowest BCUT2D eigenvalue weighted by Crippen LogP contribution is -2.09. The standard InChI is InChI=1S/C21H17BrN4OS/c22-15-10-12-16(13-11-15)23-14-26-21(28)27-20(25-26)18-8-4-5-9-19(18)24-17-6-2-1-3-7-17/h1-13,23-24H,14H2. The smallest absolute Gasteiger partial charge is 0.289 e. The Balaban J connectivity index is 1.56. The van der Waals surface area contributed by atoms with Gasteiger partial charge in [0.25, 0.3) is 4.84 Å². The first-order valence-electron chi connectivity index (χ1n) is 8.68. The summed E-state index contributed by atoms with van der Waals surface area (Å²) in [5.41, 5.74) is 3.71. The molecule has 0 aliphatic rings. The van der Waals surface area contributed by atoms with Gasteiger partial charge in [0.15, 0.2) is 0 Å². The number of nitrogens with one attached hydrogen (secondary N) is 2. The highest BCUT2D eigenvalue weighted by atomic mass is 79.9. The molecule has 0 radical (unpaired) electrons. The fourth-order valence-corrected chi connectivity index (χ4v) is 3.15. The minimum absolute atomic E-state index is 0.314. The van der Waals surface area contributed by atoms with Crippen LogP contribution in [0.5, 0.6) is 0 Å². The predicted molar refractivity (Wildman–Crippen MR) is 118 cm³/mol. The van der Waals surface area contributed by atoms with E-state index in [9.17, 15) is 0 Å². The van der Waals surface area contributed by atoms with Crippen molar-refractivity contribution in [2.75, 3.05) is 10.6 Å². The Hall–Kier alpha value is -2.90. The van der Waals surface area contributed by atoms with Crippen molar-refractivity contribution in [2.45, 2.75) is 6.67 Å². The van der Waals surface area contributed by atoms with Gasteiger partial charge in [0, 0.05) is 15.8 Å². The molecule has 5 nitrogen and oxygen atoms in total. The second kappa shape index (κ2) is 8.41. The zero-order chi connectivity index (χ0) is 19.3. The second-order valence-corrected chi connectivity index (χ2v) is 7.32. The van der Waals surface area contributed by atoms with Gasteiger partial charge in [-0.05, 0) is 60.7 Å². The zero-order valence-corrected chi connectivity index (χ0v) is 17.2. The van der Waals surface area contributed by atoms with Crippen molar-refractivity contribution in [3.05, 3.63) is 88.2 Å². The van der Waals surface area contributed by atoms with E-state index in [1.165, 1.54) is 0 Å². The van der Waals surface area contributed by atoms with E-state index in [-0.39, 0.29) is 0 Å². The molecule has 4 rings (SSSR count). The molecular weight excluding hydrogens is 436 g/mol. The molecule has 1 heterocycles. The van der Waals surface area contributed by atoms with Crippen molar-refractivity contribution in [3.63, 3.8) is 0 Å². The fraction of sp³-hybridized carbons (Fsp3) is 0.0476. The number of benzene rings is 3. The van der Waals surface area contributed by atoms with Gasteiger partial charge in [-0.1, -0.05) is 46.3 Å². The highest BCUT2D eigenvalue weighted by molar-refractivity contribution is 9.10. The average Bonchev–Trinajstić information content (AvgIpc) is 3.09. The highest BCUT2D eigenvalue weighted by Gasteiger charge is 2.12. The number of nitrogens with zero attached hydrogens (tertiary/aromatic N) is 2. The fourth-order valence-electron chi connectivity index (χ4n) is 2.70. The highest BCUT2D eigenvalue weighted by Crippen LogP contribution is 2.29. The van der Waals surface area contributed by atoms with E-state index in [0.717, 1.165) is 27.1 Å². The van der Waals surface area contributed by atoms with Crippen molar-refractivity contribution in [2.24, 2.45) is 0 Å². The lowest BCUT2D eigenvalue weighted by Gasteiger charge is -2.09.